The van der Waals surface area contributed by atoms with Crippen LogP contribution in [0.4, 0.5) is 8.78 Å². The molecular formula is C19H16F2N2O4. The monoisotopic (exact) mass is 374 g/mol. The molecule has 2 amide bonds. The van der Waals surface area contributed by atoms with E-state index in [1.54, 1.807) is 6.92 Å². The molecule has 1 aromatic heterocycles. The Labute approximate surface area is 153 Å². The minimum absolute atomic E-state index is 0.0389. The number of rotatable bonds is 4. The first-order valence-electron chi connectivity index (χ1n) is 8.06. The molecule has 3 rings (SSSR count). The van der Waals surface area contributed by atoms with Crippen molar-refractivity contribution in [1.29, 1.82) is 0 Å². The first-order valence-corrected chi connectivity index (χ1v) is 8.06. The van der Waals surface area contributed by atoms with Gasteiger partial charge in [-0.3, -0.25) is 20.4 Å². The van der Waals surface area contributed by atoms with Gasteiger partial charge in [-0.15, -0.1) is 0 Å². The van der Waals surface area contributed by atoms with Gasteiger partial charge in [0.15, 0.2) is 11.9 Å². The van der Waals surface area contributed by atoms with E-state index in [-0.39, 0.29) is 5.76 Å². The summed E-state index contributed by atoms with van der Waals surface area (Å²) in [6, 6.07) is 9.09. The SMILES string of the molecule is Cc1c(C(=O)NNC(=O)[C@@H](C)Oc2ccc(F)cc2)oc2ccc(F)cc12. The number of aryl methyl sites for hydroxylation is 1. The number of hydrogen-bond donors (Lipinski definition) is 2. The van der Waals surface area contributed by atoms with Crippen molar-refractivity contribution in [3.8, 4) is 5.75 Å². The number of hydrogen-bond acceptors (Lipinski definition) is 4. The quantitative estimate of drug-likeness (QED) is 0.687. The molecule has 0 bridgehead atoms. The van der Waals surface area contributed by atoms with Crippen LogP contribution in [0.2, 0.25) is 0 Å². The highest BCUT2D eigenvalue weighted by atomic mass is 19.1. The zero-order chi connectivity index (χ0) is 19.6. The highest BCUT2D eigenvalue weighted by Gasteiger charge is 2.20. The number of ether oxygens (including phenoxy) is 1. The fourth-order valence-electron chi connectivity index (χ4n) is 2.46. The lowest BCUT2D eigenvalue weighted by atomic mass is 10.1. The largest absolute Gasteiger partial charge is 0.481 e. The van der Waals surface area contributed by atoms with Gasteiger partial charge in [-0.2, -0.15) is 0 Å². The molecule has 0 unspecified atom stereocenters. The van der Waals surface area contributed by atoms with Crippen LogP contribution in [0, 0.1) is 18.6 Å². The lowest BCUT2D eigenvalue weighted by molar-refractivity contribution is -0.128. The van der Waals surface area contributed by atoms with Crippen molar-refractivity contribution in [3.63, 3.8) is 0 Å². The molecule has 1 heterocycles. The molecular weight excluding hydrogens is 358 g/mol. The summed E-state index contributed by atoms with van der Waals surface area (Å²) in [4.78, 5) is 24.3. The number of nitrogens with one attached hydrogen (secondary N) is 2. The van der Waals surface area contributed by atoms with Crippen molar-refractivity contribution < 1.29 is 27.5 Å². The summed E-state index contributed by atoms with van der Waals surface area (Å²) in [5, 5.41) is 0.472. The van der Waals surface area contributed by atoms with Gasteiger partial charge in [-0.25, -0.2) is 8.78 Å². The summed E-state index contributed by atoms with van der Waals surface area (Å²) in [7, 11) is 0. The molecule has 3 aromatic rings. The predicted molar refractivity (Wildman–Crippen MR) is 93.0 cm³/mol. The Balaban J connectivity index is 1.62. The summed E-state index contributed by atoms with van der Waals surface area (Å²) < 4.78 is 37.0. The molecule has 0 saturated carbocycles. The van der Waals surface area contributed by atoms with Gasteiger partial charge in [0.1, 0.15) is 23.0 Å². The fraction of sp³-hybridized carbons (Fsp3) is 0.158. The van der Waals surface area contributed by atoms with Crippen LogP contribution in [0.15, 0.2) is 46.9 Å². The van der Waals surface area contributed by atoms with Crippen LogP contribution in [0.1, 0.15) is 23.0 Å². The molecule has 0 spiro atoms. The maximum Gasteiger partial charge on any atom is 0.305 e. The first kappa shape index (κ1) is 18.4. The third kappa shape index (κ3) is 4.05. The average molecular weight is 374 g/mol. The van der Waals surface area contributed by atoms with E-state index in [0.29, 0.717) is 22.3 Å². The Kier molecular flexibility index (Phi) is 5.07. The summed E-state index contributed by atoms with van der Waals surface area (Å²) >= 11 is 0. The highest BCUT2D eigenvalue weighted by Crippen LogP contribution is 2.25. The van der Waals surface area contributed by atoms with Gasteiger partial charge in [0.2, 0.25) is 0 Å². The fourth-order valence-corrected chi connectivity index (χ4v) is 2.46. The average Bonchev–Trinajstić information content (AvgIpc) is 2.97. The van der Waals surface area contributed by atoms with Crippen molar-refractivity contribution in [2.45, 2.75) is 20.0 Å². The lowest BCUT2D eigenvalue weighted by Crippen LogP contribution is -2.47. The second kappa shape index (κ2) is 7.45. The second-order valence-electron chi connectivity index (χ2n) is 5.85. The number of carbonyl (C=O) groups excluding carboxylic acids is 2. The lowest BCUT2D eigenvalue weighted by Gasteiger charge is -2.14. The van der Waals surface area contributed by atoms with Crippen LogP contribution < -0.4 is 15.6 Å². The standard InChI is InChI=1S/C19H16F2N2O4/c1-10-15-9-13(21)5-8-16(15)27-17(10)19(25)23-22-18(24)11(2)26-14-6-3-12(20)4-7-14/h3-9,11H,1-2H3,(H,22,24)(H,23,25)/t11-/m1/s1. The molecule has 8 heteroatoms. The van der Waals surface area contributed by atoms with Crippen molar-refractivity contribution >= 4 is 22.8 Å². The number of amides is 2. The smallest absolute Gasteiger partial charge is 0.305 e. The Hall–Kier alpha value is -3.42. The molecule has 2 aromatic carbocycles. The molecule has 0 aliphatic rings. The van der Waals surface area contributed by atoms with Crippen molar-refractivity contribution in [3.05, 3.63) is 65.4 Å². The van der Waals surface area contributed by atoms with E-state index < -0.39 is 29.6 Å². The normalized spacial score (nSPS) is 11.9. The maximum absolute atomic E-state index is 13.3. The van der Waals surface area contributed by atoms with Gasteiger partial charge in [0.25, 0.3) is 5.91 Å². The molecule has 0 radical (unpaired) electrons. The highest BCUT2D eigenvalue weighted by molar-refractivity contribution is 5.99. The molecule has 0 fully saturated rings. The Morgan fingerprint density at radius 1 is 1.04 bits per heavy atom. The van der Waals surface area contributed by atoms with E-state index in [0.717, 1.165) is 0 Å². The van der Waals surface area contributed by atoms with E-state index in [1.807, 2.05) is 0 Å². The number of carbonyl (C=O) groups is 2. The number of furan rings is 1. The first-order chi connectivity index (χ1) is 12.8. The van der Waals surface area contributed by atoms with Gasteiger partial charge in [-0.1, -0.05) is 0 Å². The van der Waals surface area contributed by atoms with E-state index in [2.05, 4.69) is 10.9 Å². The van der Waals surface area contributed by atoms with Gasteiger partial charge < -0.3 is 9.15 Å². The number of hydrazine groups is 1. The van der Waals surface area contributed by atoms with E-state index in [9.17, 15) is 18.4 Å². The topological polar surface area (TPSA) is 80.6 Å². The van der Waals surface area contributed by atoms with Gasteiger partial charge in [-0.05, 0) is 56.3 Å². The van der Waals surface area contributed by atoms with Crippen molar-refractivity contribution in [1.82, 2.24) is 10.9 Å². The molecule has 27 heavy (non-hydrogen) atoms. The third-order valence-electron chi connectivity index (χ3n) is 3.90. The zero-order valence-electron chi connectivity index (χ0n) is 14.5. The van der Waals surface area contributed by atoms with Crippen LogP contribution in [0.3, 0.4) is 0 Å². The van der Waals surface area contributed by atoms with E-state index >= 15 is 0 Å². The minimum atomic E-state index is -0.943. The summed E-state index contributed by atoms with van der Waals surface area (Å²) in [5.41, 5.74) is 5.26. The Morgan fingerprint density at radius 2 is 1.70 bits per heavy atom. The number of benzene rings is 2. The van der Waals surface area contributed by atoms with Gasteiger partial charge in [0.05, 0.1) is 0 Å². The molecule has 6 nitrogen and oxygen atoms in total. The molecule has 140 valence electrons. The second-order valence-corrected chi connectivity index (χ2v) is 5.85. The molecule has 0 saturated heterocycles. The van der Waals surface area contributed by atoms with Gasteiger partial charge in [0, 0.05) is 10.9 Å². The van der Waals surface area contributed by atoms with Crippen LogP contribution in [-0.2, 0) is 4.79 Å². The maximum atomic E-state index is 13.3. The molecule has 0 aliphatic heterocycles. The van der Waals surface area contributed by atoms with Crippen LogP contribution in [0.5, 0.6) is 5.75 Å². The Bertz CT molecular complexity index is 999. The zero-order valence-corrected chi connectivity index (χ0v) is 14.5. The molecule has 0 aliphatic carbocycles. The van der Waals surface area contributed by atoms with E-state index in [1.165, 1.54) is 49.4 Å². The van der Waals surface area contributed by atoms with Crippen LogP contribution in [0.25, 0.3) is 11.0 Å². The summed E-state index contributed by atoms with van der Waals surface area (Å²) in [6.07, 6.45) is -0.943. The number of fused-ring (bicyclic) bond motifs is 1. The predicted octanol–water partition coefficient (Wildman–Crippen LogP) is 3.25. The third-order valence-corrected chi connectivity index (χ3v) is 3.90. The van der Waals surface area contributed by atoms with Crippen LogP contribution in [-0.4, -0.2) is 17.9 Å². The molecule has 1 atom stereocenters. The van der Waals surface area contributed by atoms with Crippen LogP contribution >= 0.6 is 0 Å². The van der Waals surface area contributed by atoms with Crippen molar-refractivity contribution in [2.24, 2.45) is 0 Å². The minimum Gasteiger partial charge on any atom is -0.481 e. The Morgan fingerprint density at radius 3 is 2.41 bits per heavy atom. The summed E-state index contributed by atoms with van der Waals surface area (Å²) in [5.74, 6) is -1.91. The summed E-state index contributed by atoms with van der Waals surface area (Å²) in [6.45, 7) is 3.09. The van der Waals surface area contributed by atoms with Gasteiger partial charge >= 0.3 is 5.91 Å². The van der Waals surface area contributed by atoms with E-state index in [4.69, 9.17) is 9.15 Å². The number of halogens is 2. The molecule has 2 N–H and O–H groups in total. The van der Waals surface area contributed by atoms with Crippen molar-refractivity contribution in [2.75, 3.05) is 0 Å².